The van der Waals surface area contributed by atoms with Gasteiger partial charge in [0.05, 0.1) is 6.10 Å². The number of rotatable bonds is 3. The minimum Gasteiger partial charge on any atom is -0.360 e. The van der Waals surface area contributed by atoms with E-state index in [2.05, 4.69) is 67.5 Å². The van der Waals surface area contributed by atoms with Gasteiger partial charge in [-0.1, -0.05) is 54.6 Å². The minimum absolute atomic E-state index is 0.0716. The van der Waals surface area contributed by atoms with Gasteiger partial charge in [-0.2, -0.15) is 0 Å². The summed E-state index contributed by atoms with van der Waals surface area (Å²) in [6, 6.07) is 19.0. The Balaban J connectivity index is 1.97. The van der Waals surface area contributed by atoms with Gasteiger partial charge < -0.3 is 9.64 Å². The monoisotopic (exact) mass is 253 g/mol. The fourth-order valence-electron chi connectivity index (χ4n) is 2.71. The van der Waals surface area contributed by atoms with Crippen molar-refractivity contribution < 1.29 is 4.74 Å². The number of hydrogen-bond donors (Lipinski definition) is 0. The molecular weight excluding hydrogens is 234 g/mol. The van der Waals surface area contributed by atoms with Crippen LogP contribution in [0.5, 0.6) is 0 Å². The van der Waals surface area contributed by atoms with E-state index in [4.69, 9.17) is 4.74 Å². The summed E-state index contributed by atoms with van der Waals surface area (Å²) in [6.07, 6.45) is 0.235. The van der Waals surface area contributed by atoms with E-state index in [1.54, 1.807) is 0 Å². The van der Waals surface area contributed by atoms with Crippen LogP contribution in [0.25, 0.3) is 0 Å². The molecule has 0 N–H and O–H groups in total. The Morgan fingerprint density at radius 2 is 1.53 bits per heavy atom. The van der Waals surface area contributed by atoms with Crippen LogP contribution in [0.1, 0.15) is 28.9 Å². The van der Waals surface area contributed by atoms with Crippen molar-refractivity contribution in [1.29, 1.82) is 0 Å². The largest absolute Gasteiger partial charge is 0.360 e. The summed E-state index contributed by atoms with van der Waals surface area (Å²) in [7, 11) is 4.17. The predicted octanol–water partition coefficient (Wildman–Crippen LogP) is 3.41. The number of likely N-dealkylation sites (N-methyl/N-ethyl adjacent to an activating group) is 1. The van der Waals surface area contributed by atoms with Gasteiger partial charge >= 0.3 is 0 Å². The second kappa shape index (κ2) is 5.16. The zero-order chi connectivity index (χ0) is 13.2. The Bertz CT molecular complexity index is 550. The molecule has 0 unspecified atom stereocenters. The van der Waals surface area contributed by atoms with Crippen LogP contribution in [0.3, 0.4) is 0 Å². The molecule has 0 saturated carbocycles. The summed E-state index contributed by atoms with van der Waals surface area (Å²) in [6.45, 7) is 0.917. The molecule has 98 valence electrons. The molecule has 0 aromatic heterocycles. The van der Waals surface area contributed by atoms with Gasteiger partial charge in [-0.15, -0.1) is 0 Å². The third-order valence-corrected chi connectivity index (χ3v) is 3.56. The third-order valence-electron chi connectivity index (χ3n) is 3.56. The van der Waals surface area contributed by atoms with Crippen molar-refractivity contribution in [2.24, 2.45) is 0 Å². The predicted molar refractivity (Wildman–Crippen MR) is 77.1 cm³/mol. The quantitative estimate of drug-likeness (QED) is 0.831. The van der Waals surface area contributed by atoms with E-state index >= 15 is 0 Å². The summed E-state index contributed by atoms with van der Waals surface area (Å²) in [4.78, 5) is 2.18. The molecule has 2 aromatic carbocycles. The lowest BCUT2D eigenvalue weighted by Crippen LogP contribution is -2.20. The van der Waals surface area contributed by atoms with E-state index in [9.17, 15) is 0 Å². The lowest BCUT2D eigenvalue weighted by molar-refractivity contribution is 0.0188. The first kappa shape index (κ1) is 12.4. The highest BCUT2D eigenvalue weighted by atomic mass is 16.5. The smallest absolute Gasteiger partial charge is 0.109 e. The SMILES string of the molecule is CN(C)C[C@@H]1O[C@@H](c2ccccc2)c2ccccc21. The molecule has 1 aliphatic rings. The summed E-state index contributed by atoms with van der Waals surface area (Å²) in [5.41, 5.74) is 3.86. The summed E-state index contributed by atoms with van der Waals surface area (Å²) in [5, 5.41) is 0. The molecule has 0 fully saturated rings. The average Bonchev–Trinajstić information content (AvgIpc) is 2.78. The normalized spacial score (nSPS) is 21.6. The zero-order valence-electron chi connectivity index (χ0n) is 11.4. The maximum absolute atomic E-state index is 6.29. The van der Waals surface area contributed by atoms with E-state index < -0.39 is 0 Å². The molecule has 0 aliphatic carbocycles. The number of ether oxygens (including phenoxy) is 1. The highest BCUT2D eigenvalue weighted by Gasteiger charge is 2.32. The topological polar surface area (TPSA) is 12.5 Å². The van der Waals surface area contributed by atoms with Crippen molar-refractivity contribution in [2.75, 3.05) is 20.6 Å². The molecular formula is C17H19NO. The third kappa shape index (κ3) is 2.42. The number of fused-ring (bicyclic) bond motifs is 1. The van der Waals surface area contributed by atoms with Gasteiger partial charge in [0, 0.05) is 6.54 Å². The van der Waals surface area contributed by atoms with Crippen molar-refractivity contribution in [2.45, 2.75) is 12.2 Å². The van der Waals surface area contributed by atoms with Crippen molar-refractivity contribution in [1.82, 2.24) is 4.90 Å². The summed E-state index contributed by atoms with van der Waals surface area (Å²) in [5.74, 6) is 0. The first-order chi connectivity index (χ1) is 9.25. The van der Waals surface area contributed by atoms with Crippen molar-refractivity contribution >= 4 is 0 Å². The number of benzene rings is 2. The number of hydrogen-bond acceptors (Lipinski definition) is 2. The first-order valence-corrected chi connectivity index (χ1v) is 6.69. The van der Waals surface area contributed by atoms with Crippen LogP contribution in [-0.2, 0) is 4.74 Å². The van der Waals surface area contributed by atoms with Gasteiger partial charge in [0.2, 0.25) is 0 Å². The second-order valence-corrected chi connectivity index (χ2v) is 5.31. The molecule has 0 saturated heterocycles. The van der Waals surface area contributed by atoms with Crippen molar-refractivity contribution in [3.8, 4) is 0 Å². The zero-order valence-corrected chi connectivity index (χ0v) is 11.4. The minimum atomic E-state index is 0.0716. The molecule has 0 bridgehead atoms. The lowest BCUT2D eigenvalue weighted by atomic mass is 9.97. The first-order valence-electron chi connectivity index (χ1n) is 6.69. The lowest BCUT2D eigenvalue weighted by Gasteiger charge is -2.18. The van der Waals surface area contributed by atoms with Gasteiger partial charge in [-0.05, 0) is 30.8 Å². The van der Waals surface area contributed by atoms with Crippen molar-refractivity contribution in [3.63, 3.8) is 0 Å². The molecule has 0 spiro atoms. The van der Waals surface area contributed by atoms with Crippen LogP contribution in [0, 0.1) is 0 Å². The maximum Gasteiger partial charge on any atom is 0.109 e. The van der Waals surface area contributed by atoms with Crippen LogP contribution in [-0.4, -0.2) is 25.5 Å². The molecule has 1 aliphatic heterocycles. The Labute approximate surface area is 114 Å². The fraction of sp³-hybridized carbons (Fsp3) is 0.294. The molecule has 0 radical (unpaired) electrons. The van der Waals surface area contributed by atoms with Crippen LogP contribution < -0.4 is 0 Å². The van der Waals surface area contributed by atoms with Crippen LogP contribution in [0.2, 0.25) is 0 Å². The summed E-state index contributed by atoms with van der Waals surface area (Å²) >= 11 is 0. The highest BCUT2D eigenvalue weighted by molar-refractivity contribution is 5.40. The maximum atomic E-state index is 6.29. The molecule has 3 rings (SSSR count). The summed E-state index contributed by atoms with van der Waals surface area (Å²) < 4.78 is 6.29. The van der Waals surface area contributed by atoms with E-state index in [1.807, 2.05) is 6.07 Å². The number of nitrogens with zero attached hydrogens (tertiary/aromatic N) is 1. The van der Waals surface area contributed by atoms with E-state index in [0.717, 1.165) is 6.54 Å². The van der Waals surface area contributed by atoms with E-state index in [0.29, 0.717) is 0 Å². The van der Waals surface area contributed by atoms with Gasteiger partial charge in [-0.3, -0.25) is 0 Å². The van der Waals surface area contributed by atoms with Gasteiger partial charge in [-0.25, -0.2) is 0 Å². The molecule has 1 heterocycles. The van der Waals surface area contributed by atoms with Crippen molar-refractivity contribution in [3.05, 3.63) is 71.3 Å². The molecule has 0 amide bonds. The van der Waals surface area contributed by atoms with Crippen LogP contribution in [0.4, 0.5) is 0 Å². The Hall–Kier alpha value is -1.64. The highest BCUT2D eigenvalue weighted by Crippen LogP contribution is 2.42. The van der Waals surface area contributed by atoms with Crippen LogP contribution >= 0.6 is 0 Å². The van der Waals surface area contributed by atoms with E-state index in [-0.39, 0.29) is 12.2 Å². The molecule has 2 nitrogen and oxygen atoms in total. The second-order valence-electron chi connectivity index (χ2n) is 5.31. The fourth-order valence-corrected chi connectivity index (χ4v) is 2.71. The Morgan fingerprint density at radius 1 is 0.895 bits per heavy atom. The average molecular weight is 253 g/mol. The standard InChI is InChI=1S/C17H19NO/c1-18(2)12-16-14-10-6-7-11-15(14)17(19-16)13-8-4-3-5-9-13/h3-11,16-17H,12H2,1-2H3/t16-,17-/m0/s1. The molecule has 2 heteroatoms. The Kier molecular flexibility index (Phi) is 3.36. The Morgan fingerprint density at radius 3 is 2.21 bits per heavy atom. The molecule has 2 aromatic rings. The van der Waals surface area contributed by atoms with E-state index in [1.165, 1.54) is 16.7 Å². The molecule has 2 atom stereocenters. The van der Waals surface area contributed by atoms with Gasteiger partial charge in [0.25, 0.3) is 0 Å². The van der Waals surface area contributed by atoms with Gasteiger partial charge in [0.1, 0.15) is 6.10 Å². The molecule has 19 heavy (non-hydrogen) atoms. The van der Waals surface area contributed by atoms with Gasteiger partial charge in [0.15, 0.2) is 0 Å². The van der Waals surface area contributed by atoms with Crippen LogP contribution in [0.15, 0.2) is 54.6 Å².